The molecule has 0 aliphatic carbocycles. The highest BCUT2D eigenvalue weighted by Gasteiger charge is 2.16. The second-order valence-corrected chi connectivity index (χ2v) is 7.93. The summed E-state index contributed by atoms with van der Waals surface area (Å²) in [6.07, 6.45) is 0. The molecule has 0 radical (unpaired) electrons. The van der Waals surface area contributed by atoms with Crippen LogP contribution >= 0.6 is 23.1 Å². The molecular formula is C19H19N3O3S2. The molecule has 0 unspecified atom stereocenters. The predicted octanol–water partition coefficient (Wildman–Crippen LogP) is 3.85. The average molecular weight is 402 g/mol. The molecule has 3 aromatic rings. The van der Waals surface area contributed by atoms with Crippen LogP contribution in [0.3, 0.4) is 0 Å². The Labute approximate surface area is 165 Å². The van der Waals surface area contributed by atoms with Crippen molar-refractivity contribution >= 4 is 34.9 Å². The second kappa shape index (κ2) is 8.96. The first-order valence-corrected chi connectivity index (χ1v) is 10.3. The van der Waals surface area contributed by atoms with E-state index in [0.717, 1.165) is 16.3 Å². The number of hydrogen-bond donors (Lipinski definition) is 0. The van der Waals surface area contributed by atoms with Crippen molar-refractivity contribution in [2.75, 3.05) is 12.4 Å². The van der Waals surface area contributed by atoms with Crippen molar-refractivity contribution < 1.29 is 14.3 Å². The highest BCUT2D eigenvalue weighted by Crippen LogP contribution is 2.24. The number of benzene rings is 1. The van der Waals surface area contributed by atoms with Crippen LogP contribution in [0.25, 0.3) is 11.4 Å². The minimum atomic E-state index is -0.450. The molecule has 0 bridgehead atoms. The van der Waals surface area contributed by atoms with Gasteiger partial charge in [0.15, 0.2) is 17.6 Å². The Bertz CT molecular complexity index is 935. The SMILES string of the molecule is CCn1c(SCC(=O)OCC(=O)c2ccc(C)s2)nnc1-c1ccccc1. The van der Waals surface area contributed by atoms with Gasteiger partial charge in [0.25, 0.3) is 0 Å². The lowest BCUT2D eigenvalue weighted by Crippen LogP contribution is -2.15. The molecule has 140 valence electrons. The lowest BCUT2D eigenvalue weighted by Gasteiger charge is -2.07. The lowest BCUT2D eigenvalue weighted by molar-refractivity contribution is -0.139. The van der Waals surface area contributed by atoms with Crippen molar-refractivity contribution in [1.82, 2.24) is 14.8 Å². The third kappa shape index (κ3) is 4.84. The van der Waals surface area contributed by atoms with Crippen molar-refractivity contribution in [2.45, 2.75) is 25.5 Å². The molecular weight excluding hydrogens is 382 g/mol. The number of carbonyl (C=O) groups excluding carboxylic acids is 2. The number of thiophene rings is 1. The maximum Gasteiger partial charge on any atom is 0.316 e. The van der Waals surface area contributed by atoms with Gasteiger partial charge in [-0.25, -0.2) is 0 Å². The molecule has 0 N–H and O–H groups in total. The second-order valence-electron chi connectivity index (χ2n) is 5.70. The molecule has 0 amide bonds. The summed E-state index contributed by atoms with van der Waals surface area (Å²) < 4.78 is 7.05. The Morgan fingerprint density at radius 1 is 1.15 bits per heavy atom. The van der Waals surface area contributed by atoms with Gasteiger partial charge in [0.1, 0.15) is 0 Å². The van der Waals surface area contributed by atoms with E-state index in [1.807, 2.05) is 54.8 Å². The number of ether oxygens (including phenoxy) is 1. The molecule has 2 aromatic heterocycles. The molecule has 0 atom stereocenters. The number of thioether (sulfide) groups is 1. The summed E-state index contributed by atoms with van der Waals surface area (Å²) in [4.78, 5) is 25.6. The summed E-state index contributed by atoms with van der Waals surface area (Å²) in [7, 11) is 0. The van der Waals surface area contributed by atoms with Crippen molar-refractivity contribution in [2.24, 2.45) is 0 Å². The van der Waals surface area contributed by atoms with E-state index in [2.05, 4.69) is 10.2 Å². The first-order chi connectivity index (χ1) is 13.1. The molecule has 27 heavy (non-hydrogen) atoms. The normalized spacial score (nSPS) is 10.7. The van der Waals surface area contributed by atoms with Crippen LogP contribution in [0, 0.1) is 6.92 Å². The van der Waals surface area contributed by atoms with Crippen molar-refractivity contribution in [1.29, 1.82) is 0 Å². The molecule has 8 heteroatoms. The van der Waals surface area contributed by atoms with Gasteiger partial charge >= 0.3 is 5.97 Å². The smallest absolute Gasteiger partial charge is 0.316 e. The van der Waals surface area contributed by atoms with E-state index >= 15 is 0 Å². The number of rotatable bonds is 8. The number of aromatic nitrogens is 3. The van der Waals surface area contributed by atoms with Gasteiger partial charge < -0.3 is 9.30 Å². The topological polar surface area (TPSA) is 74.1 Å². The molecule has 0 fully saturated rings. The molecule has 0 aliphatic rings. The molecule has 1 aromatic carbocycles. The molecule has 0 spiro atoms. The molecule has 6 nitrogen and oxygen atoms in total. The molecule has 3 rings (SSSR count). The van der Waals surface area contributed by atoms with Crippen molar-refractivity contribution in [3.8, 4) is 11.4 Å². The van der Waals surface area contributed by atoms with E-state index < -0.39 is 5.97 Å². The summed E-state index contributed by atoms with van der Waals surface area (Å²) in [6, 6.07) is 13.4. The third-order valence-corrected chi connectivity index (χ3v) is 5.75. The summed E-state index contributed by atoms with van der Waals surface area (Å²) in [6.45, 7) is 4.37. The first-order valence-electron chi connectivity index (χ1n) is 8.45. The number of carbonyl (C=O) groups is 2. The predicted molar refractivity (Wildman–Crippen MR) is 106 cm³/mol. The van der Waals surface area contributed by atoms with Crippen molar-refractivity contribution in [3.05, 3.63) is 52.2 Å². The van der Waals surface area contributed by atoms with E-state index in [4.69, 9.17) is 4.74 Å². The number of aryl methyl sites for hydroxylation is 1. The van der Waals surface area contributed by atoms with Crippen LogP contribution < -0.4 is 0 Å². The Morgan fingerprint density at radius 2 is 1.93 bits per heavy atom. The van der Waals surface area contributed by atoms with Crippen LogP contribution in [-0.4, -0.2) is 38.9 Å². The molecule has 0 saturated heterocycles. The van der Waals surface area contributed by atoms with Crippen LogP contribution in [-0.2, 0) is 16.1 Å². The number of Topliss-reactive ketones (excluding diaryl/α,β-unsaturated/α-hetero) is 1. The highest BCUT2D eigenvalue weighted by atomic mass is 32.2. The zero-order chi connectivity index (χ0) is 19.2. The fourth-order valence-electron chi connectivity index (χ4n) is 2.45. The minimum Gasteiger partial charge on any atom is -0.457 e. The standard InChI is InChI=1S/C19H19N3O3S2/c1-3-22-18(14-7-5-4-6-8-14)20-21-19(22)26-12-17(24)25-11-15(23)16-10-9-13(2)27-16/h4-10H,3,11-12H2,1-2H3. The fraction of sp³-hybridized carbons (Fsp3) is 0.263. The summed E-state index contributed by atoms with van der Waals surface area (Å²) in [5, 5.41) is 9.07. The van der Waals surface area contributed by atoms with Gasteiger partial charge in [0.05, 0.1) is 10.6 Å². The van der Waals surface area contributed by atoms with Gasteiger partial charge in [-0.05, 0) is 26.0 Å². The Balaban J connectivity index is 1.56. The fourth-order valence-corrected chi connectivity index (χ4v) is 4.04. The van der Waals surface area contributed by atoms with Gasteiger partial charge in [0, 0.05) is 17.0 Å². The van der Waals surface area contributed by atoms with E-state index in [9.17, 15) is 9.59 Å². The van der Waals surface area contributed by atoms with E-state index in [1.165, 1.54) is 23.1 Å². The summed E-state index contributed by atoms with van der Waals surface area (Å²) >= 11 is 2.65. The van der Waals surface area contributed by atoms with Gasteiger partial charge in [-0.2, -0.15) is 0 Å². The highest BCUT2D eigenvalue weighted by molar-refractivity contribution is 7.99. The number of esters is 1. The van der Waals surface area contributed by atoms with Crippen LogP contribution in [0.1, 0.15) is 21.5 Å². The Hall–Kier alpha value is -2.45. The van der Waals surface area contributed by atoms with Gasteiger partial charge in [-0.15, -0.1) is 21.5 Å². The van der Waals surface area contributed by atoms with Gasteiger partial charge in [0.2, 0.25) is 5.78 Å². The average Bonchev–Trinajstić information content (AvgIpc) is 3.31. The quantitative estimate of drug-likeness (QED) is 0.324. The summed E-state index contributed by atoms with van der Waals surface area (Å²) in [5.41, 5.74) is 0.970. The van der Waals surface area contributed by atoms with Crippen LogP contribution in [0.4, 0.5) is 0 Å². The van der Waals surface area contributed by atoms with Crippen LogP contribution in [0.15, 0.2) is 47.6 Å². The zero-order valence-electron chi connectivity index (χ0n) is 15.0. The molecule has 0 aliphatic heterocycles. The van der Waals surface area contributed by atoms with Crippen molar-refractivity contribution in [3.63, 3.8) is 0 Å². The maximum absolute atomic E-state index is 12.0. The third-order valence-electron chi connectivity index (χ3n) is 3.76. The van der Waals surface area contributed by atoms with Gasteiger partial charge in [-0.1, -0.05) is 42.1 Å². The maximum atomic E-state index is 12.0. The van der Waals surface area contributed by atoms with E-state index in [0.29, 0.717) is 16.6 Å². The zero-order valence-corrected chi connectivity index (χ0v) is 16.7. The molecule has 0 saturated carbocycles. The van der Waals surface area contributed by atoms with E-state index in [-0.39, 0.29) is 18.1 Å². The van der Waals surface area contributed by atoms with Crippen LogP contribution in [0.5, 0.6) is 0 Å². The number of ketones is 1. The van der Waals surface area contributed by atoms with Gasteiger partial charge in [-0.3, -0.25) is 9.59 Å². The Morgan fingerprint density at radius 3 is 2.59 bits per heavy atom. The minimum absolute atomic E-state index is 0.0731. The van der Waals surface area contributed by atoms with Crippen LogP contribution in [0.2, 0.25) is 0 Å². The molecule has 2 heterocycles. The first kappa shape index (κ1) is 19.3. The number of hydrogen-bond acceptors (Lipinski definition) is 7. The largest absolute Gasteiger partial charge is 0.457 e. The Kier molecular flexibility index (Phi) is 6.41. The van der Waals surface area contributed by atoms with E-state index in [1.54, 1.807) is 6.07 Å². The number of nitrogens with zero attached hydrogens (tertiary/aromatic N) is 3. The summed E-state index contributed by atoms with van der Waals surface area (Å²) in [5.74, 6) is 0.198. The monoisotopic (exact) mass is 401 g/mol. The lowest BCUT2D eigenvalue weighted by atomic mass is 10.2.